The van der Waals surface area contributed by atoms with Gasteiger partial charge in [-0.15, -0.1) is 0 Å². The van der Waals surface area contributed by atoms with E-state index < -0.39 is 16.6 Å². The highest BCUT2D eigenvalue weighted by Gasteiger charge is 2.41. The molecule has 2 unspecified atom stereocenters. The van der Waals surface area contributed by atoms with Gasteiger partial charge in [-0.3, -0.25) is 10.1 Å². The van der Waals surface area contributed by atoms with Gasteiger partial charge in [0.25, 0.3) is 6.04 Å². The fourth-order valence-corrected chi connectivity index (χ4v) is 1.08. The quantitative estimate of drug-likeness (QED) is 0.454. The molecule has 68 valence electrons. The van der Waals surface area contributed by atoms with Crippen molar-refractivity contribution in [3.63, 3.8) is 0 Å². The van der Waals surface area contributed by atoms with Crippen LogP contribution in [0.15, 0.2) is 23.8 Å². The molecule has 13 heavy (non-hydrogen) atoms. The van der Waals surface area contributed by atoms with Gasteiger partial charge in [0, 0.05) is 11.0 Å². The second kappa shape index (κ2) is 2.98. The Labute approximate surface area is 74.1 Å². The predicted molar refractivity (Wildman–Crippen MR) is 43.1 cm³/mol. The van der Waals surface area contributed by atoms with Gasteiger partial charge in [0.15, 0.2) is 5.67 Å². The first-order valence-corrected chi connectivity index (χ1v) is 3.61. The van der Waals surface area contributed by atoms with Crippen molar-refractivity contribution in [3.8, 4) is 6.07 Å². The molecule has 5 heteroatoms. The Balaban J connectivity index is 3.05. The molecular formula is C8H7FN2O2. The van der Waals surface area contributed by atoms with Gasteiger partial charge < -0.3 is 0 Å². The molecule has 2 atom stereocenters. The van der Waals surface area contributed by atoms with E-state index in [0.717, 1.165) is 19.1 Å². The van der Waals surface area contributed by atoms with Gasteiger partial charge >= 0.3 is 0 Å². The summed E-state index contributed by atoms with van der Waals surface area (Å²) in [5.74, 6) is 0. The predicted octanol–water partition coefficient (Wildman–Crippen LogP) is 1.38. The van der Waals surface area contributed by atoms with Crippen LogP contribution in [0.1, 0.15) is 6.92 Å². The van der Waals surface area contributed by atoms with E-state index in [1.165, 1.54) is 6.08 Å². The van der Waals surface area contributed by atoms with Gasteiger partial charge in [-0.2, -0.15) is 5.26 Å². The molecule has 0 spiro atoms. The Hall–Kier alpha value is -1.70. The largest absolute Gasteiger partial charge is 0.269 e. The van der Waals surface area contributed by atoms with Crippen LogP contribution in [0.2, 0.25) is 0 Å². The average Bonchev–Trinajstić information content (AvgIpc) is 2.03. The summed E-state index contributed by atoms with van der Waals surface area (Å²) in [5, 5.41) is 18.9. The highest BCUT2D eigenvalue weighted by atomic mass is 19.1. The summed E-state index contributed by atoms with van der Waals surface area (Å²) < 4.78 is 13.4. The van der Waals surface area contributed by atoms with E-state index in [-0.39, 0.29) is 5.57 Å². The van der Waals surface area contributed by atoms with E-state index in [9.17, 15) is 14.5 Å². The molecule has 0 heterocycles. The third-order valence-corrected chi connectivity index (χ3v) is 1.86. The first kappa shape index (κ1) is 9.39. The van der Waals surface area contributed by atoms with Crippen molar-refractivity contribution in [1.82, 2.24) is 0 Å². The summed E-state index contributed by atoms with van der Waals surface area (Å²) in [6.07, 6.45) is 3.32. The lowest BCUT2D eigenvalue weighted by Gasteiger charge is -2.20. The fraction of sp³-hybridized carbons (Fsp3) is 0.375. The van der Waals surface area contributed by atoms with Crippen LogP contribution in [0.4, 0.5) is 4.39 Å². The minimum Gasteiger partial charge on any atom is -0.264 e. The first-order valence-electron chi connectivity index (χ1n) is 3.61. The van der Waals surface area contributed by atoms with E-state index in [2.05, 4.69) is 0 Å². The van der Waals surface area contributed by atoms with Crippen LogP contribution in [0.3, 0.4) is 0 Å². The van der Waals surface area contributed by atoms with E-state index in [0.29, 0.717) is 0 Å². The summed E-state index contributed by atoms with van der Waals surface area (Å²) in [6.45, 7) is 1.11. The van der Waals surface area contributed by atoms with Crippen LogP contribution in [-0.4, -0.2) is 16.6 Å². The van der Waals surface area contributed by atoms with E-state index in [1.807, 2.05) is 0 Å². The lowest BCUT2D eigenvalue weighted by atomic mass is 9.91. The van der Waals surface area contributed by atoms with Crippen LogP contribution in [-0.2, 0) is 0 Å². The number of nitrogens with zero attached hydrogens (tertiary/aromatic N) is 2. The Morgan fingerprint density at radius 1 is 1.85 bits per heavy atom. The molecule has 1 rings (SSSR count). The third-order valence-electron chi connectivity index (χ3n) is 1.86. The summed E-state index contributed by atoms with van der Waals surface area (Å²) in [7, 11) is 0. The summed E-state index contributed by atoms with van der Waals surface area (Å²) in [4.78, 5) is 9.67. The molecule has 0 saturated heterocycles. The molecule has 0 fully saturated rings. The summed E-state index contributed by atoms with van der Waals surface area (Å²) in [5.41, 5.74) is -1.89. The topological polar surface area (TPSA) is 66.9 Å². The SMILES string of the molecule is CC1(F)C=CC(C#N)=CC1[N+](=O)[O-]. The second-order valence-electron chi connectivity index (χ2n) is 2.95. The molecule has 0 amide bonds. The monoisotopic (exact) mass is 182 g/mol. The van der Waals surface area contributed by atoms with Crippen LogP contribution in [0.5, 0.6) is 0 Å². The molecule has 0 bridgehead atoms. The van der Waals surface area contributed by atoms with Crippen LogP contribution < -0.4 is 0 Å². The van der Waals surface area contributed by atoms with Crippen molar-refractivity contribution in [2.45, 2.75) is 18.6 Å². The highest BCUT2D eigenvalue weighted by molar-refractivity contribution is 5.39. The van der Waals surface area contributed by atoms with Gasteiger partial charge in [-0.05, 0) is 19.1 Å². The van der Waals surface area contributed by atoms with Crippen molar-refractivity contribution < 1.29 is 9.31 Å². The minimum absolute atomic E-state index is 0.122. The summed E-state index contributed by atoms with van der Waals surface area (Å²) >= 11 is 0. The lowest BCUT2D eigenvalue weighted by Crippen LogP contribution is -2.39. The molecule has 4 nitrogen and oxygen atoms in total. The van der Waals surface area contributed by atoms with Gasteiger partial charge in [0.1, 0.15) is 0 Å². The molecule has 0 aromatic heterocycles. The van der Waals surface area contributed by atoms with Crippen LogP contribution in [0.25, 0.3) is 0 Å². The number of alkyl halides is 1. The zero-order chi connectivity index (χ0) is 10.1. The van der Waals surface area contributed by atoms with E-state index in [4.69, 9.17) is 5.26 Å². The highest BCUT2D eigenvalue weighted by Crippen LogP contribution is 2.26. The van der Waals surface area contributed by atoms with Crippen LogP contribution >= 0.6 is 0 Å². The molecule has 1 aliphatic rings. The van der Waals surface area contributed by atoms with E-state index >= 15 is 0 Å². The maximum Gasteiger partial charge on any atom is 0.269 e. The van der Waals surface area contributed by atoms with Crippen LogP contribution in [0, 0.1) is 21.4 Å². The van der Waals surface area contributed by atoms with Gasteiger partial charge in [0.2, 0.25) is 0 Å². The van der Waals surface area contributed by atoms with Gasteiger partial charge in [0.05, 0.1) is 11.6 Å². The Morgan fingerprint density at radius 3 is 2.92 bits per heavy atom. The lowest BCUT2D eigenvalue weighted by molar-refractivity contribution is -0.523. The molecule has 0 aliphatic heterocycles. The number of allylic oxidation sites excluding steroid dienone is 2. The second-order valence-corrected chi connectivity index (χ2v) is 2.95. The Morgan fingerprint density at radius 2 is 2.46 bits per heavy atom. The normalized spacial score (nSPS) is 32.1. The molecular weight excluding hydrogens is 175 g/mol. The average molecular weight is 182 g/mol. The van der Waals surface area contributed by atoms with Crippen molar-refractivity contribution in [1.29, 1.82) is 5.26 Å². The third kappa shape index (κ3) is 1.72. The first-order chi connectivity index (χ1) is 5.97. The Kier molecular flexibility index (Phi) is 2.15. The number of hydrogen-bond acceptors (Lipinski definition) is 3. The maximum atomic E-state index is 13.4. The van der Waals surface area contributed by atoms with Gasteiger partial charge in [-0.25, -0.2) is 4.39 Å². The number of rotatable bonds is 1. The smallest absolute Gasteiger partial charge is 0.264 e. The molecule has 0 saturated carbocycles. The fourth-order valence-electron chi connectivity index (χ4n) is 1.08. The van der Waals surface area contributed by atoms with Crippen molar-refractivity contribution in [2.24, 2.45) is 0 Å². The molecule has 0 aromatic carbocycles. The molecule has 0 N–H and O–H groups in total. The zero-order valence-corrected chi connectivity index (χ0v) is 6.90. The molecule has 0 aromatic rings. The minimum atomic E-state index is -2.01. The number of nitro groups is 1. The van der Waals surface area contributed by atoms with Gasteiger partial charge in [-0.1, -0.05) is 0 Å². The zero-order valence-electron chi connectivity index (χ0n) is 6.90. The number of halogens is 1. The standard InChI is InChI=1S/C8H7FN2O2/c1-8(9)3-2-6(5-10)4-7(8)11(12)13/h2-4,7H,1H3. The van der Waals surface area contributed by atoms with Crippen molar-refractivity contribution in [3.05, 3.63) is 33.9 Å². The molecule has 1 aliphatic carbocycles. The number of hydrogen-bond donors (Lipinski definition) is 0. The Bertz CT molecular complexity index is 339. The van der Waals surface area contributed by atoms with E-state index in [1.54, 1.807) is 6.07 Å². The molecule has 0 radical (unpaired) electrons. The van der Waals surface area contributed by atoms with Crippen molar-refractivity contribution >= 4 is 0 Å². The number of nitriles is 1. The van der Waals surface area contributed by atoms with Crippen molar-refractivity contribution in [2.75, 3.05) is 0 Å². The maximum absolute atomic E-state index is 13.4. The summed E-state index contributed by atoms with van der Waals surface area (Å²) in [6, 6.07) is 0.264.